The Bertz CT molecular complexity index is 453. The smallest absolute Gasteiger partial charge is 0.231 e. The van der Waals surface area contributed by atoms with Crippen LogP contribution in [0.1, 0.15) is 33.3 Å². The monoisotopic (exact) mass is 264 g/mol. The molecule has 0 aliphatic carbocycles. The van der Waals surface area contributed by atoms with Gasteiger partial charge >= 0.3 is 0 Å². The van der Waals surface area contributed by atoms with Gasteiger partial charge in [0.1, 0.15) is 5.75 Å². The summed E-state index contributed by atoms with van der Waals surface area (Å²) in [7, 11) is 0. The molecule has 1 aromatic rings. The van der Waals surface area contributed by atoms with E-state index >= 15 is 0 Å². The van der Waals surface area contributed by atoms with E-state index in [0.29, 0.717) is 6.54 Å². The van der Waals surface area contributed by atoms with Crippen molar-refractivity contribution >= 4 is 11.6 Å². The lowest BCUT2D eigenvalue weighted by Gasteiger charge is -2.22. The van der Waals surface area contributed by atoms with Crippen LogP contribution in [0.4, 0.5) is 5.69 Å². The van der Waals surface area contributed by atoms with Crippen LogP contribution in [0.25, 0.3) is 0 Å². The number of nitrogens with one attached hydrogen (secondary N) is 1. The molecule has 1 aromatic carbocycles. The Balaban J connectivity index is 2.83. The molecule has 0 saturated heterocycles. The molecule has 1 rings (SSSR count). The number of rotatable bonds is 5. The lowest BCUT2D eigenvalue weighted by atomic mass is 9.92. The molecule has 0 bridgehead atoms. The number of aryl methyl sites for hydroxylation is 1. The summed E-state index contributed by atoms with van der Waals surface area (Å²) in [5, 5.41) is 2.91. The first-order chi connectivity index (χ1) is 8.76. The third-order valence-electron chi connectivity index (χ3n) is 2.94. The molecule has 0 unspecified atom stereocenters. The summed E-state index contributed by atoms with van der Waals surface area (Å²) in [6.45, 7) is 9.87. The van der Waals surface area contributed by atoms with Crippen molar-refractivity contribution in [2.75, 3.05) is 11.9 Å². The molecule has 1 amide bonds. The van der Waals surface area contributed by atoms with Crippen LogP contribution >= 0.6 is 0 Å². The number of amides is 1. The Labute approximate surface area is 115 Å². The molecule has 0 fully saturated rings. The van der Waals surface area contributed by atoms with Gasteiger partial charge in [0.15, 0.2) is 0 Å². The summed E-state index contributed by atoms with van der Waals surface area (Å²) in [5.74, 6) is 0.735. The lowest BCUT2D eigenvalue weighted by Crippen LogP contribution is -2.37. The summed E-state index contributed by atoms with van der Waals surface area (Å²) < 4.78 is 5.61. The summed E-state index contributed by atoms with van der Waals surface area (Å²) in [6.07, 6.45) is 0.135. The first kappa shape index (κ1) is 15.5. The number of carbonyl (C=O) groups is 1. The maximum absolute atomic E-state index is 12.1. The zero-order valence-corrected chi connectivity index (χ0v) is 12.4. The van der Waals surface area contributed by atoms with Crippen molar-refractivity contribution in [3.05, 3.63) is 23.8 Å². The van der Waals surface area contributed by atoms with Crippen molar-refractivity contribution in [1.29, 1.82) is 0 Å². The standard InChI is InChI=1S/C15H24N2O2/c1-10(2)19-12-6-7-13(11(3)8-12)17-14(18)15(4,5)9-16/h6-8,10H,9,16H2,1-5H3,(H,17,18). The van der Waals surface area contributed by atoms with Crippen LogP contribution in [0.5, 0.6) is 5.75 Å². The van der Waals surface area contributed by atoms with Crippen molar-refractivity contribution in [3.63, 3.8) is 0 Å². The summed E-state index contributed by atoms with van der Waals surface area (Å²) in [5.41, 5.74) is 6.79. The topological polar surface area (TPSA) is 64.3 Å². The van der Waals surface area contributed by atoms with E-state index in [1.807, 2.05) is 52.8 Å². The Morgan fingerprint density at radius 1 is 1.42 bits per heavy atom. The normalized spacial score (nSPS) is 11.5. The van der Waals surface area contributed by atoms with E-state index in [9.17, 15) is 4.79 Å². The van der Waals surface area contributed by atoms with E-state index in [1.165, 1.54) is 0 Å². The fraction of sp³-hybridized carbons (Fsp3) is 0.533. The summed E-state index contributed by atoms with van der Waals surface area (Å²) >= 11 is 0. The van der Waals surface area contributed by atoms with Gasteiger partial charge in [0.05, 0.1) is 11.5 Å². The van der Waals surface area contributed by atoms with E-state index in [-0.39, 0.29) is 12.0 Å². The molecule has 0 aliphatic rings. The number of nitrogens with two attached hydrogens (primary N) is 1. The molecule has 0 atom stereocenters. The molecule has 0 aliphatic heterocycles. The average molecular weight is 264 g/mol. The van der Waals surface area contributed by atoms with Gasteiger partial charge in [0.25, 0.3) is 0 Å². The highest BCUT2D eigenvalue weighted by molar-refractivity contribution is 5.95. The quantitative estimate of drug-likeness (QED) is 0.859. The van der Waals surface area contributed by atoms with Gasteiger partial charge in [0, 0.05) is 12.2 Å². The number of hydrogen-bond acceptors (Lipinski definition) is 3. The number of carbonyl (C=O) groups excluding carboxylic acids is 1. The van der Waals surface area contributed by atoms with Crippen LogP contribution in [-0.2, 0) is 4.79 Å². The molecular formula is C15H24N2O2. The predicted molar refractivity (Wildman–Crippen MR) is 78.4 cm³/mol. The van der Waals surface area contributed by atoms with Gasteiger partial charge in [-0.25, -0.2) is 0 Å². The Morgan fingerprint density at radius 3 is 2.53 bits per heavy atom. The average Bonchev–Trinajstić information content (AvgIpc) is 2.31. The van der Waals surface area contributed by atoms with Crippen LogP contribution in [0, 0.1) is 12.3 Å². The van der Waals surface area contributed by atoms with Crippen LogP contribution in [0.15, 0.2) is 18.2 Å². The fourth-order valence-corrected chi connectivity index (χ4v) is 1.51. The van der Waals surface area contributed by atoms with Gasteiger partial charge in [-0.05, 0) is 58.4 Å². The highest BCUT2D eigenvalue weighted by Crippen LogP contribution is 2.24. The second kappa shape index (κ2) is 6.06. The number of hydrogen-bond donors (Lipinski definition) is 2. The minimum atomic E-state index is -0.570. The predicted octanol–water partition coefficient (Wildman–Crippen LogP) is 2.71. The molecule has 0 aromatic heterocycles. The molecule has 0 heterocycles. The second-order valence-electron chi connectivity index (χ2n) is 5.69. The molecule has 19 heavy (non-hydrogen) atoms. The lowest BCUT2D eigenvalue weighted by molar-refractivity contribution is -0.123. The molecule has 106 valence electrons. The number of benzene rings is 1. The van der Waals surface area contributed by atoms with Crippen molar-refractivity contribution in [1.82, 2.24) is 0 Å². The number of ether oxygens (including phenoxy) is 1. The third kappa shape index (κ3) is 4.24. The van der Waals surface area contributed by atoms with Gasteiger partial charge < -0.3 is 15.8 Å². The summed E-state index contributed by atoms with van der Waals surface area (Å²) in [6, 6.07) is 5.64. The van der Waals surface area contributed by atoms with Crippen LogP contribution in [-0.4, -0.2) is 18.6 Å². The molecular weight excluding hydrogens is 240 g/mol. The van der Waals surface area contributed by atoms with Crippen LogP contribution < -0.4 is 15.8 Å². The second-order valence-corrected chi connectivity index (χ2v) is 5.69. The number of anilines is 1. The van der Waals surface area contributed by atoms with Gasteiger partial charge in [0.2, 0.25) is 5.91 Å². The zero-order valence-electron chi connectivity index (χ0n) is 12.4. The third-order valence-corrected chi connectivity index (χ3v) is 2.94. The highest BCUT2D eigenvalue weighted by atomic mass is 16.5. The Kier molecular flexibility index (Phi) is 4.95. The fourth-order valence-electron chi connectivity index (χ4n) is 1.51. The van der Waals surface area contributed by atoms with Crippen molar-refractivity contribution in [2.45, 2.75) is 40.7 Å². The molecule has 0 saturated carbocycles. The van der Waals surface area contributed by atoms with Crippen molar-refractivity contribution in [2.24, 2.45) is 11.1 Å². The van der Waals surface area contributed by atoms with Gasteiger partial charge in [-0.3, -0.25) is 4.79 Å². The molecule has 3 N–H and O–H groups in total. The van der Waals surface area contributed by atoms with E-state index in [2.05, 4.69) is 5.32 Å². The molecule has 0 radical (unpaired) electrons. The van der Waals surface area contributed by atoms with Gasteiger partial charge in [-0.15, -0.1) is 0 Å². The molecule has 0 spiro atoms. The minimum absolute atomic E-state index is 0.0735. The zero-order chi connectivity index (χ0) is 14.6. The van der Waals surface area contributed by atoms with E-state index in [1.54, 1.807) is 0 Å². The molecule has 4 heteroatoms. The molecule has 4 nitrogen and oxygen atoms in total. The van der Waals surface area contributed by atoms with Gasteiger partial charge in [-0.1, -0.05) is 0 Å². The largest absolute Gasteiger partial charge is 0.491 e. The summed E-state index contributed by atoms with van der Waals surface area (Å²) in [4.78, 5) is 12.1. The van der Waals surface area contributed by atoms with E-state index < -0.39 is 5.41 Å². The maximum Gasteiger partial charge on any atom is 0.231 e. The maximum atomic E-state index is 12.1. The SMILES string of the molecule is Cc1cc(OC(C)C)ccc1NC(=O)C(C)(C)CN. The first-order valence-electron chi connectivity index (χ1n) is 6.55. The highest BCUT2D eigenvalue weighted by Gasteiger charge is 2.26. The van der Waals surface area contributed by atoms with Crippen LogP contribution in [0.2, 0.25) is 0 Å². The van der Waals surface area contributed by atoms with E-state index in [0.717, 1.165) is 17.0 Å². The first-order valence-corrected chi connectivity index (χ1v) is 6.55. The van der Waals surface area contributed by atoms with E-state index in [4.69, 9.17) is 10.5 Å². The van der Waals surface area contributed by atoms with Crippen molar-refractivity contribution < 1.29 is 9.53 Å². The van der Waals surface area contributed by atoms with Crippen molar-refractivity contribution in [3.8, 4) is 5.75 Å². The Hall–Kier alpha value is -1.55. The minimum Gasteiger partial charge on any atom is -0.491 e. The van der Waals surface area contributed by atoms with Gasteiger partial charge in [-0.2, -0.15) is 0 Å². The Morgan fingerprint density at radius 2 is 2.05 bits per heavy atom. The van der Waals surface area contributed by atoms with Crippen LogP contribution in [0.3, 0.4) is 0 Å².